The van der Waals surface area contributed by atoms with Crippen LogP contribution in [0.5, 0.6) is 11.5 Å². The number of nitrogens with one attached hydrogen (secondary N) is 1. The minimum atomic E-state index is -0.699. The summed E-state index contributed by atoms with van der Waals surface area (Å²) in [5, 5.41) is 14.4. The molecule has 1 fully saturated rings. The summed E-state index contributed by atoms with van der Waals surface area (Å²) in [7, 11) is 0. The Labute approximate surface area is 223 Å². The van der Waals surface area contributed by atoms with Crippen LogP contribution in [0.15, 0.2) is 54.6 Å². The van der Waals surface area contributed by atoms with Crippen molar-refractivity contribution in [3.63, 3.8) is 0 Å². The number of carboxylic acids is 1. The van der Waals surface area contributed by atoms with Crippen molar-refractivity contribution in [1.82, 2.24) is 9.27 Å². The highest BCUT2D eigenvalue weighted by atomic mass is 35.5. The van der Waals surface area contributed by atoms with Gasteiger partial charge >= 0.3 is 5.97 Å². The molecule has 7 nitrogen and oxygen atoms in total. The molecule has 190 valence electrons. The van der Waals surface area contributed by atoms with Crippen molar-refractivity contribution in [2.45, 2.75) is 19.4 Å². The molecule has 0 spiro atoms. The van der Waals surface area contributed by atoms with Gasteiger partial charge in [-0.25, -0.2) is 0 Å². The van der Waals surface area contributed by atoms with Crippen LogP contribution < -0.4 is 14.8 Å². The summed E-state index contributed by atoms with van der Waals surface area (Å²) in [5.41, 5.74) is 3.78. The van der Waals surface area contributed by atoms with E-state index in [0.29, 0.717) is 24.8 Å². The predicted molar refractivity (Wildman–Crippen MR) is 146 cm³/mol. The van der Waals surface area contributed by atoms with Crippen molar-refractivity contribution >= 4 is 50.7 Å². The van der Waals surface area contributed by atoms with E-state index in [1.807, 2.05) is 36.4 Å². The minimum absolute atomic E-state index is 0.278. The molecule has 0 amide bonds. The highest BCUT2D eigenvalue weighted by molar-refractivity contribution is 7.13. The first-order valence-electron chi connectivity index (χ1n) is 12.3. The number of aromatic nitrogens is 1. The summed E-state index contributed by atoms with van der Waals surface area (Å²) in [5.74, 6) is 1.25. The van der Waals surface area contributed by atoms with Gasteiger partial charge in [0, 0.05) is 24.0 Å². The molecule has 0 aliphatic carbocycles. The number of hydrogen-bond donors (Lipinski definition) is 2. The third kappa shape index (κ3) is 4.97. The Morgan fingerprint density at radius 3 is 2.86 bits per heavy atom. The van der Waals surface area contributed by atoms with E-state index in [1.54, 1.807) is 0 Å². The highest BCUT2D eigenvalue weighted by Gasteiger charge is 2.25. The Kier molecular flexibility index (Phi) is 6.63. The smallest absolute Gasteiger partial charge is 0.307 e. The molecule has 1 atom stereocenters. The molecule has 0 saturated carbocycles. The number of hydrogen-bond acceptors (Lipinski definition) is 7. The van der Waals surface area contributed by atoms with E-state index in [2.05, 4.69) is 32.8 Å². The fraction of sp³-hybridized carbons (Fsp3) is 0.286. The molecule has 1 unspecified atom stereocenters. The van der Waals surface area contributed by atoms with Gasteiger partial charge in [0.2, 0.25) is 0 Å². The van der Waals surface area contributed by atoms with E-state index in [0.717, 1.165) is 75.7 Å². The van der Waals surface area contributed by atoms with Crippen molar-refractivity contribution in [3.05, 3.63) is 65.2 Å². The van der Waals surface area contributed by atoms with E-state index in [9.17, 15) is 9.90 Å². The van der Waals surface area contributed by atoms with E-state index in [1.165, 1.54) is 11.5 Å². The molecule has 4 aromatic rings. The lowest BCUT2D eigenvalue weighted by Gasteiger charge is -2.30. The summed E-state index contributed by atoms with van der Waals surface area (Å²) < 4.78 is 17.1. The van der Waals surface area contributed by atoms with Crippen LogP contribution in [0.2, 0.25) is 5.02 Å². The maximum absolute atomic E-state index is 11.4. The largest absolute Gasteiger partial charge is 0.486 e. The Balaban J connectivity index is 1.21. The number of carbonyl (C=O) groups is 1. The zero-order chi connectivity index (χ0) is 25.4. The van der Waals surface area contributed by atoms with Crippen molar-refractivity contribution in [3.8, 4) is 22.6 Å². The van der Waals surface area contributed by atoms with Gasteiger partial charge in [-0.15, -0.1) is 0 Å². The molecule has 0 radical (unpaired) electrons. The number of carboxylic acid groups (broad SMARTS) is 1. The molecular weight excluding hydrogens is 510 g/mol. The third-order valence-electron chi connectivity index (χ3n) is 6.90. The van der Waals surface area contributed by atoms with Gasteiger partial charge in [0.05, 0.1) is 21.3 Å². The molecule has 9 heteroatoms. The van der Waals surface area contributed by atoms with Crippen molar-refractivity contribution in [2.24, 2.45) is 5.92 Å². The normalized spacial score (nSPS) is 17.6. The highest BCUT2D eigenvalue weighted by Crippen LogP contribution is 2.40. The first-order valence-corrected chi connectivity index (χ1v) is 13.5. The van der Waals surface area contributed by atoms with Crippen LogP contribution in [0.25, 0.3) is 21.2 Å². The molecule has 2 N–H and O–H groups in total. The van der Waals surface area contributed by atoms with Gasteiger partial charge in [-0.2, -0.15) is 4.37 Å². The number of fused-ring (bicyclic) bond motifs is 2. The van der Waals surface area contributed by atoms with Crippen LogP contribution in [0, 0.1) is 5.92 Å². The molecule has 0 bridgehead atoms. The first-order chi connectivity index (χ1) is 18.0. The summed E-state index contributed by atoms with van der Waals surface area (Å²) in [6.07, 6.45) is 1.67. The lowest BCUT2D eigenvalue weighted by molar-refractivity contribution is -0.143. The Morgan fingerprint density at radius 2 is 2.00 bits per heavy atom. The van der Waals surface area contributed by atoms with Gasteiger partial charge in [-0.3, -0.25) is 9.69 Å². The Hall–Kier alpha value is -3.33. The number of halogens is 1. The Bertz CT molecular complexity index is 1470. The van der Waals surface area contributed by atoms with Crippen molar-refractivity contribution < 1.29 is 19.4 Å². The zero-order valence-corrected chi connectivity index (χ0v) is 21.6. The van der Waals surface area contributed by atoms with Crippen molar-refractivity contribution in [1.29, 1.82) is 0 Å². The zero-order valence-electron chi connectivity index (χ0n) is 20.1. The number of rotatable bonds is 6. The maximum Gasteiger partial charge on any atom is 0.307 e. The molecule has 2 aliphatic rings. The number of aliphatic carboxylic acids is 1. The molecule has 3 heterocycles. The molecule has 1 saturated heterocycles. The van der Waals surface area contributed by atoms with E-state index in [4.69, 9.17) is 21.1 Å². The van der Waals surface area contributed by atoms with Crippen LogP contribution in [-0.2, 0) is 11.3 Å². The van der Waals surface area contributed by atoms with Crippen molar-refractivity contribution in [2.75, 3.05) is 31.6 Å². The quantitative estimate of drug-likeness (QED) is 0.294. The van der Waals surface area contributed by atoms with E-state index in [-0.39, 0.29) is 5.92 Å². The van der Waals surface area contributed by atoms with Gasteiger partial charge in [-0.1, -0.05) is 35.9 Å². The summed E-state index contributed by atoms with van der Waals surface area (Å²) >= 11 is 8.29. The van der Waals surface area contributed by atoms with Gasteiger partial charge < -0.3 is 19.9 Å². The van der Waals surface area contributed by atoms with Crippen LogP contribution in [-0.4, -0.2) is 46.7 Å². The number of ether oxygens (including phenoxy) is 2. The summed E-state index contributed by atoms with van der Waals surface area (Å²) in [4.78, 5) is 13.6. The van der Waals surface area contributed by atoms with E-state index >= 15 is 0 Å². The van der Waals surface area contributed by atoms with Crippen LogP contribution in [0.1, 0.15) is 18.4 Å². The number of benzene rings is 3. The van der Waals surface area contributed by atoms with Gasteiger partial charge in [0.1, 0.15) is 13.2 Å². The number of anilines is 2. The predicted octanol–water partition coefficient (Wildman–Crippen LogP) is 6.43. The standard InChI is InChI=1S/C28H26ClN3O4S/c29-26-20(18-7-9-23-24(14-18)36-12-11-35-23)4-1-5-22(26)30-27-21-8-6-17(13-25(21)37-31-27)15-32-10-2-3-19(16-32)28(33)34/h1,4-9,13-14,19H,2-3,10-12,15-16H2,(H,30,31)(H,33,34). The first kappa shape index (κ1) is 24.0. The fourth-order valence-electron chi connectivity index (χ4n) is 5.02. The SMILES string of the molecule is O=C(O)C1CCCN(Cc2ccc3c(Nc4cccc(-c5ccc6c(c5)OCCO6)c4Cl)nsc3c2)C1. The number of nitrogens with zero attached hydrogens (tertiary/aromatic N) is 2. The molecule has 1 aromatic heterocycles. The second-order valence-corrected chi connectivity index (χ2v) is 10.6. The average Bonchev–Trinajstić information content (AvgIpc) is 3.31. The van der Waals surface area contributed by atoms with Crippen LogP contribution >= 0.6 is 23.1 Å². The molecule has 6 rings (SSSR count). The second kappa shape index (κ2) is 10.2. The third-order valence-corrected chi connectivity index (χ3v) is 8.12. The van der Waals surface area contributed by atoms with Crippen LogP contribution in [0.3, 0.4) is 0 Å². The summed E-state index contributed by atoms with van der Waals surface area (Å²) in [6, 6.07) is 18.1. The fourth-order valence-corrected chi connectivity index (χ4v) is 6.10. The monoisotopic (exact) mass is 535 g/mol. The molecule has 2 aliphatic heterocycles. The topological polar surface area (TPSA) is 83.9 Å². The van der Waals surface area contributed by atoms with Gasteiger partial charge in [0.25, 0.3) is 0 Å². The average molecular weight is 536 g/mol. The number of piperidine rings is 1. The van der Waals surface area contributed by atoms with E-state index < -0.39 is 5.97 Å². The molecule has 3 aromatic carbocycles. The molecular formula is C28H26ClN3O4S. The number of likely N-dealkylation sites (tertiary alicyclic amines) is 1. The van der Waals surface area contributed by atoms with Crippen LogP contribution in [0.4, 0.5) is 11.5 Å². The van der Waals surface area contributed by atoms with Gasteiger partial charge in [-0.05, 0) is 72.4 Å². The van der Waals surface area contributed by atoms with Gasteiger partial charge in [0.15, 0.2) is 17.3 Å². The summed E-state index contributed by atoms with van der Waals surface area (Å²) in [6.45, 7) is 3.35. The lowest BCUT2D eigenvalue weighted by atomic mass is 9.98. The minimum Gasteiger partial charge on any atom is -0.486 e. The molecule has 37 heavy (non-hydrogen) atoms. The lowest BCUT2D eigenvalue weighted by Crippen LogP contribution is -2.38. The Morgan fingerprint density at radius 1 is 1.14 bits per heavy atom. The second-order valence-electron chi connectivity index (χ2n) is 9.42. The maximum atomic E-state index is 11.4.